The fourth-order valence-electron chi connectivity index (χ4n) is 2.23. The van der Waals surface area contributed by atoms with Crippen molar-refractivity contribution in [1.82, 2.24) is 4.98 Å². The van der Waals surface area contributed by atoms with Gasteiger partial charge in [-0.2, -0.15) is 0 Å². The Kier molecular flexibility index (Phi) is 7.07. The van der Waals surface area contributed by atoms with Crippen LogP contribution in [0.2, 0.25) is 0 Å². The molecule has 0 aliphatic carbocycles. The van der Waals surface area contributed by atoms with Gasteiger partial charge in [-0.15, -0.1) is 11.6 Å². The molecule has 0 saturated carbocycles. The number of benzene rings is 1. The Morgan fingerprint density at radius 2 is 1.88 bits per heavy atom. The molecule has 1 heterocycles. The van der Waals surface area contributed by atoms with Crippen molar-refractivity contribution in [3.8, 4) is 5.75 Å². The molecule has 0 fully saturated rings. The van der Waals surface area contributed by atoms with E-state index in [2.05, 4.69) is 22.7 Å². The summed E-state index contributed by atoms with van der Waals surface area (Å²) in [5.74, 6) is 0.367. The van der Waals surface area contributed by atoms with Crippen LogP contribution in [-0.2, 0) is 28.8 Å². The summed E-state index contributed by atoms with van der Waals surface area (Å²) in [5, 5.41) is -0.668. The first-order valence-electron chi connectivity index (χ1n) is 7.99. The summed E-state index contributed by atoms with van der Waals surface area (Å²) in [7, 11) is 1.33. The maximum atomic E-state index is 11.3. The summed E-state index contributed by atoms with van der Waals surface area (Å²) in [6.07, 6.45) is 4.10. The minimum Gasteiger partial charge on any atom is -0.493 e. The van der Waals surface area contributed by atoms with Crippen molar-refractivity contribution in [3.05, 3.63) is 59.4 Å². The number of hydrogen-bond donors (Lipinski definition) is 0. The molecular weight excluding hydrogens is 326 g/mol. The normalized spacial score (nSPS) is 11.8. The number of aromatic nitrogens is 1. The first-order chi connectivity index (χ1) is 11.6. The van der Waals surface area contributed by atoms with Crippen LogP contribution in [0.5, 0.6) is 5.75 Å². The molecule has 0 bridgehead atoms. The van der Waals surface area contributed by atoms with Crippen LogP contribution in [0.25, 0.3) is 0 Å². The highest BCUT2D eigenvalue weighted by molar-refractivity contribution is 6.30. The predicted molar refractivity (Wildman–Crippen MR) is 94.6 cm³/mol. The van der Waals surface area contributed by atoms with Crippen molar-refractivity contribution in [3.63, 3.8) is 0 Å². The Labute approximate surface area is 147 Å². The number of carbonyl (C=O) groups is 1. The van der Waals surface area contributed by atoms with Gasteiger partial charge in [-0.05, 0) is 42.2 Å². The van der Waals surface area contributed by atoms with E-state index < -0.39 is 11.3 Å². The number of methoxy groups -OCH3 is 1. The van der Waals surface area contributed by atoms with E-state index in [-0.39, 0.29) is 0 Å². The van der Waals surface area contributed by atoms with E-state index in [1.165, 1.54) is 12.7 Å². The van der Waals surface area contributed by atoms with Gasteiger partial charge in [0.1, 0.15) is 11.1 Å². The molecule has 1 aromatic carbocycles. The Morgan fingerprint density at radius 1 is 1.17 bits per heavy atom. The third-order valence-corrected chi connectivity index (χ3v) is 4.05. The second-order valence-corrected chi connectivity index (χ2v) is 5.98. The molecule has 0 aliphatic rings. The van der Waals surface area contributed by atoms with Crippen LogP contribution in [0.1, 0.15) is 23.7 Å². The van der Waals surface area contributed by atoms with Crippen molar-refractivity contribution >= 4 is 17.6 Å². The number of rotatable bonds is 8. The number of nitrogens with zero attached hydrogens (tertiary/aromatic N) is 1. The van der Waals surface area contributed by atoms with E-state index in [4.69, 9.17) is 16.3 Å². The minimum atomic E-state index is -0.668. The van der Waals surface area contributed by atoms with Gasteiger partial charge in [0.25, 0.3) is 0 Å². The molecule has 1 atom stereocenters. The molecule has 1 unspecified atom stereocenters. The Hall–Kier alpha value is -2.07. The zero-order valence-electron chi connectivity index (χ0n) is 14.0. The molecule has 0 N–H and O–H groups in total. The molecule has 0 spiro atoms. The molecule has 2 rings (SSSR count). The third kappa shape index (κ3) is 5.53. The molecule has 0 radical (unpaired) electrons. The number of halogens is 1. The molecule has 0 saturated heterocycles. The van der Waals surface area contributed by atoms with E-state index in [1.54, 1.807) is 0 Å². The molecule has 0 amide bonds. The number of esters is 1. The quantitative estimate of drug-likeness (QED) is 0.541. The topological polar surface area (TPSA) is 48.4 Å². The van der Waals surface area contributed by atoms with Crippen molar-refractivity contribution in [2.45, 2.75) is 31.6 Å². The summed E-state index contributed by atoms with van der Waals surface area (Å²) in [6.45, 7) is 2.68. The predicted octanol–water partition coefficient (Wildman–Crippen LogP) is 3.59. The van der Waals surface area contributed by atoms with Crippen LogP contribution >= 0.6 is 11.6 Å². The number of carbonyl (C=O) groups excluding carboxylic acids is 1. The average Bonchev–Trinajstić information content (AvgIpc) is 2.63. The van der Waals surface area contributed by atoms with E-state index in [9.17, 15) is 4.79 Å². The van der Waals surface area contributed by atoms with Gasteiger partial charge >= 0.3 is 5.97 Å². The van der Waals surface area contributed by atoms with Crippen LogP contribution in [0.4, 0.5) is 0 Å². The SMILES string of the molecule is CCc1ccc(CCOc2ccc(CC(Cl)C(=O)OC)cc2)nc1. The maximum absolute atomic E-state index is 11.3. The van der Waals surface area contributed by atoms with Gasteiger partial charge in [-0.3, -0.25) is 9.78 Å². The van der Waals surface area contributed by atoms with Crippen LogP contribution < -0.4 is 4.74 Å². The molecule has 0 aliphatic heterocycles. The van der Waals surface area contributed by atoms with Crippen molar-refractivity contribution < 1.29 is 14.3 Å². The number of hydrogen-bond acceptors (Lipinski definition) is 4. The van der Waals surface area contributed by atoms with Crippen LogP contribution in [0, 0.1) is 0 Å². The van der Waals surface area contributed by atoms with Gasteiger partial charge in [-0.1, -0.05) is 25.1 Å². The summed E-state index contributed by atoms with van der Waals surface area (Å²) < 4.78 is 10.3. The third-order valence-electron chi connectivity index (χ3n) is 3.72. The average molecular weight is 348 g/mol. The molecular formula is C19H22ClNO3. The van der Waals surface area contributed by atoms with Gasteiger partial charge in [-0.25, -0.2) is 0 Å². The van der Waals surface area contributed by atoms with E-state index in [0.29, 0.717) is 13.0 Å². The monoisotopic (exact) mass is 347 g/mol. The first-order valence-corrected chi connectivity index (χ1v) is 8.43. The Balaban J connectivity index is 1.79. The highest BCUT2D eigenvalue weighted by atomic mass is 35.5. The van der Waals surface area contributed by atoms with E-state index in [0.717, 1.165) is 29.8 Å². The molecule has 1 aromatic heterocycles. The van der Waals surface area contributed by atoms with E-state index >= 15 is 0 Å². The smallest absolute Gasteiger partial charge is 0.324 e. The second-order valence-electron chi connectivity index (χ2n) is 5.45. The summed E-state index contributed by atoms with van der Waals surface area (Å²) in [6, 6.07) is 11.7. The Morgan fingerprint density at radius 3 is 2.46 bits per heavy atom. The molecule has 5 heteroatoms. The van der Waals surface area contributed by atoms with Gasteiger partial charge < -0.3 is 9.47 Å². The highest BCUT2D eigenvalue weighted by Gasteiger charge is 2.16. The molecule has 2 aromatic rings. The minimum absolute atomic E-state index is 0.418. The lowest BCUT2D eigenvalue weighted by atomic mass is 10.1. The zero-order chi connectivity index (χ0) is 17.4. The number of aryl methyl sites for hydroxylation is 1. The summed E-state index contributed by atoms with van der Waals surface area (Å²) in [5.41, 5.74) is 3.22. The lowest BCUT2D eigenvalue weighted by Crippen LogP contribution is -2.18. The van der Waals surface area contributed by atoms with Gasteiger partial charge in [0.2, 0.25) is 0 Å². The van der Waals surface area contributed by atoms with E-state index in [1.807, 2.05) is 36.5 Å². The van der Waals surface area contributed by atoms with Gasteiger partial charge in [0.05, 0.1) is 13.7 Å². The first kappa shape index (κ1) is 18.3. The van der Waals surface area contributed by atoms with Crippen molar-refractivity contribution in [2.75, 3.05) is 13.7 Å². The fourth-order valence-corrected chi connectivity index (χ4v) is 2.49. The van der Waals surface area contributed by atoms with Crippen LogP contribution in [-0.4, -0.2) is 30.0 Å². The zero-order valence-corrected chi connectivity index (χ0v) is 14.8. The standard InChI is InChI=1S/C19H22ClNO3/c1-3-14-4-7-16(21-13-14)10-11-24-17-8-5-15(6-9-17)12-18(20)19(22)23-2/h4-9,13,18H,3,10-12H2,1-2H3. The molecule has 4 nitrogen and oxygen atoms in total. The Bertz CT molecular complexity index is 641. The lowest BCUT2D eigenvalue weighted by Gasteiger charge is -2.09. The van der Waals surface area contributed by atoms with Crippen LogP contribution in [0.3, 0.4) is 0 Å². The summed E-state index contributed by atoms with van der Waals surface area (Å²) in [4.78, 5) is 15.7. The highest BCUT2D eigenvalue weighted by Crippen LogP contribution is 2.16. The number of pyridine rings is 1. The van der Waals surface area contributed by atoms with Gasteiger partial charge in [0.15, 0.2) is 0 Å². The molecule has 24 heavy (non-hydrogen) atoms. The van der Waals surface area contributed by atoms with Crippen LogP contribution in [0.15, 0.2) is 42.6 Å². The maximum Gasteiger partial charge on any atom is 0.324 e. The largest absolute Gasteiger partial charge is 0.493 e. The number of ether oxygens (including phenoxy) is 2. The summed E-state index contributed by atoms with van der Waals surface area (Å²) >= 11 is 5.97. The number of alkyl halides is 1. The van der Waals surface area contributed by atoms with Crippen molar-refractivity contribution in [1.29, 1.82) is 0 Å². The fraction of sp³-hybridized carbons (Fsp3) is 0.368. The lowest BCUT2D eigenvalue weighted by molar-refractivity contribution is -0.140. The van der Waals surface area contributed by atoms with Gasteiger partial charge in [0, 0.05) is 18.3 Å². The second kappa shape index (κ2) is 9.28. The molecule has 128 valence electrons. The van der Waals surface area contributed by atoms with Crippen molar-refractivity contribution in [2.24, 2.45) is 0 Å².